The van der Waals surface area contributed by atoms with E-state index in [1.165, 1.54) is 6.07 Å². The van der Waals surface area contributed by atoms with E-state index in [1.54, 1.807) is 36.2 Å². The molecule has 7 nitrogen and oxygen atoms in total. The van der Waals surface area contributed by atoms with Gasteiger partial charge in [-0.25, -0.2) is 0 Å². The average molecular weight is 461 g/mol. The Kier molecular flexibility index (Phi) is 6.10. The predicted octanol–water partition coefficient (Wildman–Crippen LogP) is 3.41. The van der Waals surface area contributed by atoms with Crippen molar-refractivity contribution < 1.29 is 22.7 Å². The predicted molar refractivity (Wildman–Crippen MR) is 115 cm³/mol. The van der Waals surface area contributed by atoms with Crippen LogP contribution in [0.3, 0.4) is 0 Å². The molecule has 0 aliphatic carbocycles. The summed E-state index contributed by atoms with van der Waals surface area (Å²) in [4.78, 5) is 16.9. The van der Waals surface area contributed by atoms with Crippen LogP contribution in [0.1, 0.15) is 35.0 Å². The van der Waals surface area contributed by atoms with E-state index in [-0.39, 0.29) is 22.8 Å². The van der Waals surface area contributed by atoms with Gasteiger partial charge in [0, 0.05) is 63.1 Å². The van der Waals surface area contributed by atoms with Crippen LogP contribution in [-0.4, -0.2) is 60.5 Å². The minimum atomic E-state index is -4.60. The number of nitriles is 1. The van der Waals surface area contributed by atoms with E-state index in [1.807, 2.05) is 16.7 Å². The number of anilines is 1. The number of ether oxygens (including phenoxy) is 1. The van der Waals surface area contributed by atoms with Crippen LogP contribution in [0.4, 0.5) is 18.9 Å². The number of halogens is 3. The second kappa shape index (κ2) is 8.71. The number of benzene rings is 1. The SMILES string of the molecule is CCn1nccc1C(=O)N1C[C@H]2CN(c3ccc(C#N)c(C(F)(F)F)c3)CC[C@@]2(COC)C1. The van der Waals surface area contributed by atoms with E-state index in [0.717, 1.165) is 6.07 Å². The van der Waals surface area contributed by atoms with E-state index < -0.39 is 11.7 Å². The maximum absolute atomic E-state index is 13.5. The second-order valence-electron chi connectivity index (χ2n) is 8.75. The van der Waals surface area contributed by atoms with Gasteiger partial charge in [-0.15, -0.1) is 0 Å². The Labute approximate surface area is 190 Å². The lowest BCUT2D eigenvalue weighted by atomic mass is 9.73. The van der Waals surface area contributed by atoms with Gasteiger partial charge in [0.2, 0.25) is 0 Å². The highest BCUT2D eigenvalue weighted by molar-refractivity contribution is 5.92. The summed E-state index contributed by atoms with van der Waals surface area (Å²) >= 11 is 0. The highest BCUT2D eigenvalue weighted by Gasteiger charge is 2.51. The van der Waals surface area contributed by atoms with Crippen molar-refractivity contribution in [3.05, 3.63) is 47.3 Å². The first kappa shape index (κ1) is 23.1. The number of alkyl halides is 3. The van der Waals surface area contributed by atoms with Crippen molar-refractivity contribution in [3.63, 3.8) is 0 Å². The Morgan fingerprint density at radius 3 is 2.79 bits per heavy atom. The molecule has 1 aromatic carbocycles. The Hall–Kier alpha value is -3.06. The van der Waals surface area contributed by atoms with Crippen molar-refractivity contribution in [2.24, 2.45) is 11.3 Å². The van der Waals surface area contributed by atoms with Crippen molar-refractivity contribution in [1.82, 2.24) is 14.7 Å². The summed E-state index contributed by atoms with van der Waals surface area (Å²) in [5.41, 5.74) is -0.602. The molecule has 10 heteroatoms. The zero-order chi connectivity index (χ0) is 23.8. The van der Waals surface area contributed by atoms with Crippen LogP contribution >= 0.6 is 0 Å². The third kappa shape index (κ3) is 4.17. The molecule has 2 aliphatic heterocycles. The monoisotopic (exact) mass is 461 g/mol. The van der Waals surface area contributed by atoms with Crippen molar-refractivity contribution in [1.29, 1.82) is 5.26 Å². The number of amides is 1. The largest absolute Gasteiger partial charge is 0.417 e. The Bertz CT molecular complexity index is 1080. The maximum atomic E-state index is 13.5. The van der Waals surface area contributed by atoms with Crippen molar-refractivity contribution in [2.45, 2.75) is 26.1 Å². The Morgan fingerprint density at radius 1 is 1.33 bits per heavy atom. The quantitative estimate of drug-likeness (QED) is 0.682. The van der Waals surface area contributed by atoms with E-state index in [0.29, 0.717) is 57.1 Å². The average Bonchev–Trinajstić information content (AvgIpc) is 3.42. The summed E-state index contributed by atoms with van der Waals surface area (Å²) in [6, 6.07) is 7.18. The summed E-state index contributed by atoms with van der Waals surface area (Å²) in [6.07, 6.45) is -2.31. The summed E-state index contributed by atoms with van der Waals surface area (Å²) in [6.45, 7) is 5.06. The van der Waals surface area contributed by atoms with Gasteiger partial charge in [0.25, 0.3) is 5.91 Å². The highest BCUT2D eigenvalue weighted by Crippen LogP contribution is 2.45. The molecule has 1 aromatic heterocycles. The van der Waals surface area contributed by atoms with Crippen molar-refractivity contribution in [3.8, 4) is 6.07 Å². The molecule has 2 saturated heterocycles. The molecule has 3 heterocycles. The molecule has 0 N–H and O–H groups in total. The van der Waals surface area contributed by atoms with E-state index in [4.69, 9.17) is 10.00 Å². The molecule has 4 rings (SSSR count). The minimum Gasteiger partial charge on any atom is -0.384 e. The Balaban J connectivity index is 1.59. The number of likely N-dealkylation sites (tertiary alicyclic amines) is 1. The van der Waals surface area contributed by atoms with Crippen LogP contribution in [0.5, 0.6) is 0 Å². The van der Waals surface area contributed by atoms with Crippen LogP contribution in [0, 0.1) is 22.7 Å². The van der Waals surface area contributed by atoms with Gasteiger partial charge in [-0.2, -0.15) is 23.5 Å². The lowest BCUT2D eigenvalue weighted by Gasteiger charge is -2.44. The number of carbonyl (C=O) groups is 1. The number of rotatable bonds is 5. The van der Waals surface area contributed by atoms with Gasteiger partial charge in [0.15, 0.2) is 0 Å². The smallest absolute Gasteiger partial charge is 0.384 e. The molecule has 0 saturated carbocycles. The van der Waals surface area contributed by atoms with Crippen molar-refractivity contribution >= 4 is 11.6 Å². The maximum Gasteiger partial charge on any atom is 0.417 e. The van der Waals surface area contributed by atoms with Gasteiger partial charge >= 0.3 is 6.18 Å². The molecule has 0 spiro atoms. The number of hydrogen-bond acceptors (Lipinski definition) is 5. The topological polar surface area (TPSA) is 74.4 Å². The molecule has 2 fully saturated rings. The molecule has 2 atom stereocenters. The zero-order valence-electron chi connectivity index (χ0n) is 18.6. The number of fused-ring (bicyclic) bond motifs is 1. The molecule has 2 aliphatic rings. The molecule has 0 bridgehead atoms. The number of nitrogens with zero attached hydrogens (tertiary/aromatic N) is 5. The number of methoxy groups -OCH3 is 1. The summed E-state index contributed by atoms with van der Waals surface area (Å²) in [5.74, 6) is -0.0540. The molecule has 0 unspecified atom stereocenters. The van der Waals surface area contributed by atoms with E-state index in [9.17, 15) is 18.0 Å². The first-order chi connectivity index (χ1) is 15.7. The number of piperidine rings is 1. The lowest BCUT2D eigenvalue weighted by Crippen LogP contribution is -2.49. The number of aromatic nitrogens is 2. The third-order valence-electron chi connectivity index (χ3n) is 6.88. The fourth-order valence-electron chi connectivity index (χ4n) is 5.18. The summed E-state index contributed by atoms with van der Waals surface area (Å²) in [5, 5.41) is 13.3. The molecular formula is C23H26F3N5O2. The van der Waals surface area contributed by atoms with Gasteiger partial charge in [0.1, 0.15) is 5.69 Å². The molecular weight excluding hydrogens is 435 g/mol. The first-order valence-corrected chi connectivity index (χ1v) is 10.9. The normalized spacial score (nSPS) is 22.8. The molecule has 2 aromatic rings. The minimum absolute atomic E-state index is 0.0399. The van der Waals surface area contributed by atoms with Crippen LogP contribution in [-0.2, 0) is 17.5 Å². The van der Waals surface area contributed by atoms with Crippen LogP contribution in [0.15, 0.2) is 30.5 Å². The van der Waals surface area contributed by atoms with Gasteiger partial charge in [-0.05, 0) is 37.6 Å². The molecule has 33 heavy (non-hydrogen) atoms. The summed E-state index contributed by atoms with van der Waals surface area (Å²) in [7, 11) is 1.63. The van der Waals surface area contributed by atoms with Crippen LogP contribution in [0.25, 0.3) is 0 Å². The fraction of sp³-hybridized carbons (Fsp3) is 0.522. The molecule has 1 amide bonds. The zero-order valence-corrected chi connectivity index (χ0v) is 18.6. The number of carbonyl (C=O) groups excluding carboxylic acids is 1. The van der Waals surface area contributed by atoms with E-state index >= 15 is 0 Å². The second-order valence-corrected chi connectivity index (χ2v) is 8.75. The van der Waals surface area contributed by atoms with Crippen molar-refractivity contribution in [2.75, 3.05) is 44.8 Å². The fourth-order valence-corrected chi connectivity index (χ4v) is 5.18. The summed E-state index contributed by atoms with van der Waals surface area (Å²) < 4.78 is 47.6. The van der Waals surface area contributed by atoms with Gasteiger partial charge in [-0.1, -0.05) is 0 Å². The lowest BCUT2D eigenvalue weighted by molar-refractivity contribution is -0.137. The molecule has 176 valence electrons. The third-order valence-corrected chi connectivity index (χ3v) is 6.88. The number of hydrogen-bond donors (Lipinski definition) is 0. The Morgan fingerprint density at radius 2 is 2.12 bits per heavy atom. The molecule has 0 radical (unpaired) electrons. The van der Waals surface area contributed by atoms with E-state index in [2.05, 4.69) is 5.10 Å². The first-order valence-electron chi connectivity index (χ1n) is 10.9. The van der Waals surface area contributed by atoms with Crippen LogP contribution in [0.2, 0.25) is 0 Å². The van der Waals surface area contributed by atoms with Gasteiger partial charge in [-0.3, -0.25) is 9.48 Å². The van der Waals surface area contributed by atoms with Gasteiger partial charge in [0.05, 0.1) is 23.8 Å². The van der Waals surface area contributed by atoms with Crippen LogP contribution < -0.4 is 4.90 Å². The highest BCUT2D eigenvalue weighted by atomic mass is 19.4. The standard InChI is InChI=1S/C23H26F3N5O2/c1-3-31-20(6-8-28-31)21(32)30-13-17-12-29(9-7-22(17,14-30)15-33-2)18-5-4-16(11-27)19(10-18)23(24,25)26/h4-6,8,10,17H,3,7,9,12-15H2,1-2H3/t17-,22+/m1/s1. The number of aryl methyl sites for hydroxylation is 1. The van der Waals surface area contributed by atoms with Gasteiger partial charge < -0.3 is 14.5 Å².